The molecule has 3 nitrogen and oxygen atoms in total. The molecular weight excluding hydrogens is 286 g/mol. The molecule has 1 amide bonds. The van der Waals surface area contributed by atoms with Gasteiger partial charge in [-0.3, -0.25) is 4.79 Å². The van der Waals surface area contributed by atoms with Crippen LogP contribution >= 0.6 is 0 Å². The summed E-state index contributed by atoms with van der Waals surface area (Å²) in [7, 11) is 0. The van der Waals surface area contributed by atoms with Crippen molar-refractivity contribution in [2.75, 3.05) is 11.9 Å². The van der Waals surface area contributed by atoms with Gasteiger partial charge in [0.2, 0.25) is 5.91 Å². The molecule has 1 N–H and O–H groups in total. The van der Waals surface area contributed by atoms with Gasteiger partial charge in [-0.15, -0.1) is 0 Å². The highest BCUT2D eigenvalue weighted by molar-refractivity contribution is 5.88. The maximum atomic E-state index is 10.9. The van der Waals surface area contributed by atoms with Crippen molar-refractivity contribution in [3.63, 3.8) is 0 Å². The number of benzene rings is 1. The number of anilines is 1. The highest BCUT2D eigenvalue weighted by Crippen LogP contribution is 2.16. The standard InChI is InChI=1S/C20H33NO2/c1-3-4-5-6-7-8-9-10-11-12-17-23-20-15-13-19(14-16-20)21-18(2)22/h13-16H,3-12,17H2,1-2H3,(H,21,22). The summed E-state index contributed by atoms with van der Waals surface area (Å²) >= 11 is 0. The molecule has 0 aliphatic rings. The van der Waals surface area contributed by atoms with Gasteiger partial charge in [0.05, 0.1) is 6.61 Å². The van der Waals surface area contributed by atoms with E-state index in [1.807, 2.05) is 24.3 Å². The molecule has 0 spiro atoms. The third kappa shape index (κ3) is 10.8. The lowest BCUT2D eigenvalue weighted by molar-refractivity contribution is -0.114. The Kier molecular flexibility index (Phi) is 11.0. The van der Waals surface area contributed by atoms with Crippen molar-refractivity contribution in [1.82, 2.24) is 0 Å². The lowest BCUT2D eigenvalue weighted by Crippen LogP contribution is -2.05. The van der Waals surface area contributed by atoms with Crippen LogP contribution in [0.15, 0.2) is 24.3 Å². The summed E-state index contributed by atoms with van der Waals surface area (Å²) in [4.78, 5) is 10.9. The van der Waals surface area contributed by atoms with E-state index in [2.05, 4.69) is 12.2 Å². The Morgan fingerprint density at radius 3 is 1.91 bits per heavy atom. The van der Waals surface area contributed by atoms with Gasteiger partial charge in [0.25, 0.3) is 0 Å². The zero-order chi connectivity index (χ0) is 16.8. The van der Waals surface area contributed by atoms with E-state index in [1.54, 1.807) is 0 Å². The number of hydrogen-bond acceptors (Lipinski definition) is 2. The van der Waals surface area contributed by atoms with Gasteiger partial charge >= 0.3 is 0 Å². The van der Waals surface area contributed by atoms with Crippen molar-refractivity contribution < 1.29 is 9.53 Å². The van der Waals surface area contributed by atoms with E-state index in [0.717, 1.165) is 24.5 Å². The number of nitrogens with one attached hydrogen (secondary N) is 1. The summed E-state index contributed by atoms with van der Waals surface area (Å²) in [5.74, 6) is 0.819. The molecular formula is C20H33NO2. The summed E-state index contributed by atoms with van der Waals surface area (Å²) in [6.45, 7) is 4.55. The van der Waals surface area contributed by atoms with Crippen LogP contribution < -0.4 is 10.1 Å². The molecule has 0 saturated carbocycles. The first-order valence-electron chi connectivity index (χ1n) is 9.23. The van der Waals surface area contributed by atoms with Gasteiger partial charge < -0.3 is 10.1 Å². The van der Waals surface area contributed by atoms with Crippen LogP contribution in [0.3, 0.4) is 0 Å². The normalized spacial score (nSPS) is 10.5. The van der Waals surface area contributed by atoms with Gasteiger partial charge in [0, 0.05) is 12.6 Å². The first kappa shape index (κ1) is 19.5. The molecule has 0 bridgehead atoms. The van der Waals surface area contributed by atoms with Crippen LogP contribution in [0.2, 0.25) is 0 Å². The average molecular weight is 319 g/mol. The molecule has 23 heavy (non-hydrogen) atoms. The van der Waals surface area contributed by atoms with Crippen LogP contribution in [-0.2, 0) is 4.79 Å². The molecule has 0 saturated heterocycles. The zero-order valence-electron chi connectivity index (χ0n) is 14.9. The molecule has 0 fully saturated rings. The molecule has 0 radical (unpaired) electrons. The summed E-state index contributed by atoms with van der Waals surface area (Å²) in [6, 6.07) is 7.55. The third-order valence-corrected chi connectivity index (χ3v) is 3.94. The lowest BCUT2D eigenvalue weighted by atomic mass is 10.1. The second kappa shape index (κ2) is 13.0. The van der Waals surface area contributed by atoms with Crippen molar-refractivity contribution in [3.8, 4) is 5.75 Å². The van der Waals surface area contributed by atoms with E-state index in [9.17, 15) is 4.79 Å². The monoisotopic (exact) mass is 319 g/mol. The Morgan fingerprint density at radius 1 is 0.870 bits per heavy atom. The second-order valence-corrected chi connectivity index (χ2v) is 6.24. The van der Waals surface area contributed by atoms with Crippen LogP contribution in [0, 0.1) is 0 Å². The molecule has 130 valence electrons. The van der Waals surface area contributed by atoms with Gasteiger partial charge in [0.15, 0.2) is 0 Å². The van der Waals surface area contributed by atoms with Crippen LogP contribution in [0.4, 0.5) is 5.69 Å². The summed E-state index contributed by atoms with van der Waals surface area (Å²) in [5, 5.41) is 2.75. The number of rotatable bonds is 13. The fourth-order valence-electron chi connectivity index (χ4n) is 2.62. The fourth-order valence-corrected chi connectivity index (χ4v) is 2.62. The van der Waals surface area contributed by atoms with E-state index >= 15 is 0 Å². The molecule has 0 unspecified atom stereocenters. The molecule has 1 aromatic carbocycles. The fraction of sp³-hybridized carbons (Fsp3) is 0.650. The zero-order valence-corrected chi connectivity index (χ0v) is 14.9. The Morgan fingerprint density at radius 2 is 1.39 bits per heavy atom. The van der Waals surface area contributed by atoms with Gasteiger partial charge in [-0.25, -0.2) is 0 Å². The largest absolute Gasteiger partial charge is 0.494 e. The molecule has 3 heteroatoms. The molecule has 0 aromatic heterocycles. The number of amides is 1. The number of unbranched alkanes of at least 4 members (excludes halogenated alkanes) is 9. The highest BCUT2D eigenvalue weighted by Gasteiger charge is 1.98. The quantitative estimate of drug-likeness (QED) is 0.457. The SMILES string of the molecule is CCCCCCCCCCCCOc1ccc(NC(C)=O)cc1. The lowest BCUT2D eigenvalue weighted by Gasteiger charge is -2.07. The highest BCUT2D eigenvalue weighted by atomic mass is 16.5. The van der Waals surface area contributed by atoms with Gasteiger partial charge in [0.1, 0.15) is 5.75 Å². The van der Waals surface area contributed by atoms with Crippen LogP contribution in [0.5, 0.6) is 5.75 Å². The van der Waals surface area contributed by atoms with Crippen molar-refractivity contribution >= 4 is 11.6 Å². The maximum Gasteiger partial charge on any atom is 0.221 e. The minimum atomic E-state index is -0.0518. The van der Waals surface area contributed by atoms with Crippen LogP contribution in [0.1, 0.15) is 78.1 Å². The molecule has 0 atom stereocenters. The van der Waals surface area contributed by atoms with Crippen molar-refractivity contribution in [1.29, 1.82) is 0 Å². The molecule has 0 heterocycles. The second-order valence-electron chi connectivity index (χ2n) is 6.24. The van der Waals surface area contributed by atoms with E-state index in [4.69, 9.17) is 4.74 Å². The van der Waals surface area contributed by atoms with Crippen molar-refractivity contribution in [2.45, 2.75) is 78.1 Å². The predicted molar refractivity (Wildman–Crippen MR) is 98.1 cm³/mol. The van der Waals surface area contributed by atoms with Gasteiger partial charge in [-0.2, -0.15) is 0 Å². The number of carbonyl (C=O) groups excluding carboxylic acids is 1. The van der Waals surface area contributed by atoms with E-state index in [0.29, 0.717) is 0 Å². The number of carbonyl (C=O) groups is 1. The van der Waals surface area contributed by atoms with E-state index in [1.165, 1.54) is 64.7 Å². The number of hydrogen-bond donors (Lipinski definition) is 1. The van der Waals surface area contributed by atoms with Gasteiger partial charge in [-0.1, -0.05) is 64.7 Å². The summed E-state index contributed by atoms with van der Waals surface area (Å²) in [6.07, 6.45) is 13.4. The summed E-state index contributed by atoms with van der Waals surface area (Å²) < 4.78 is 5.73. The van der Waals surface area contributed by atoms with Gasteiger partial charge in [-0.05, 0) is 30.7 Å². The first-order valence-corrected chi connectivity index (χ1v) is 9.23. The predicted octanol–water partition coefficient (Wildman–Crippen LogP) is 5.94. The minimum absolute atomic E-state index is 0.0518. The Hall–Kier alpha value is -1.51. The number of ether oxygens (including phenoxy) is 1. The van der Waals surface area contributed by atoms with Crippen molar-refractivity contribution in [3.05, 3.63) is 24.3 Å². The topological polar surface area (TPSA) is 38.3 Å². The Bertz CT molecular complexity index is 414. The molecule has 0 aliphatic carbocycles. The van der Waals surface area contributed by atoms with Crippen LogP contribution in [0.25, 0.3) is 0 Å². The molecule has 1 rings (SSSR count). The smallest absolute Gasteiger partial charge is 0.221 e. The Labute approximate surface area is 141 Å². The Balaban J connectivity index is 1.95. The van der Waals surface area contributed by atoms with E-state index in [-0.39, 0.29) is 5.91 Å². The average Bonchev–Trinajstić information content (AvgIpc) is 2.53. The van der Waals surface area contributed by atoms with Crippen LogP contribution in [-0.4, -0.2) is 12.5 Å². The maximum absolute atomic E-state index is 10.9. The minimum Gasteiger partial charge on any atom is -0.494 e. The van der Waals surface area contributed by atoms with Crippen molar-refractivity contribution in [2.24, 2.45) is 0 Å². The molecule has 0 aliphatic heterocycles. The first-order chi connectivity index (χ1) is 11.2. The summed E-state index contributed by atoms with van der Waals surface area (Å²) in [5.41, 5.74) is 0.809. The molecule has 1 aromatic rings. The van der Waals surface area contributed by atoms with E-state index < -0.39 is 0 Å². The third-order valence-electron chi connectivity index (χ3n) is 3.94.